The standard InChI is InChI=1S/C32H35FN2O5/c1-20-25(7-6-8-28(20)33)30-26(31(37)21-9-13-23(39-4)14-10-21)17-35(19-29(36)34(2)3)18-27(30)32(38)22-11-15-24(40-5)16-12-22/h6-16,26-27,30H,17-19H2,1-5H3. The van der Waals surface area contributed by atoms with Gasteiger partial charge in [-0.25, -0.2) is 4.39 Å². The molecule has 40 heavy (non-hydrogen) atoms. The van der Waals surface area contributed by atoms with Gasteiger partial charge in [0.25, 0.3) is 0 Å². The van der Waals surface area contributed by atoms with E-state index >= 15 is 0 Å². The first-order valence-corrected chi connectivity index (χ1v) is 13.2. The van der Waals surface area contributed by atoms with Gasteiger partial charge >= 0.3 is 0 Å². The number of likely N-dealkylation sites (tertiary alicyclic amines) is 1. The number of hydrogen-bond donors (Lipinski definition) is 0. The number of nitrogens with zero attached hydrogens (tertiary/aromatic N) is 2. The summed E-state index contributed by atoms with van der Waals surface area (Å²) in [5.74, 6) is -1.66. The average Bonchev–Trinajstić information content (AvgIpc) is 2.97. The van der Waals surface area contributed by atoms with Gasteiger partial charge in [0, 0.05) is 56.1 Å². The Morgan fingerprint density at radius 1 is 0.825 bits per heavy atom. The molecule has 1 saturated heterocycles. The predicted octanol–water partition coefficient (Wildman–Crippen LogP) is 4.64. The molecule has 3 aromatic rings. The van der Waals surface area contributed by atoms with Crippen molar-refractivity contribution in [3.05, 3.63) is 94.8 Å². The van der Waals surface area contributed by atoms with Crippen LogP contribution in [0.5, 0.6) is 11.5 Å². The SMILES string of the molecule is COc1ccc(C(=O)C2CN(CC(=O)N(C)C)CC(C(=O)c3ccc(OC)cc3)C2c2cccc(F)c2C)cc1. The molecule has 3 aromatic carbocycles. The van der Waals surface area contributed by atoms with E-state index in [1.54, 1.807) is 95.9 Å². The van der Waals surface area contributed by atoms with Crippen LogP contribution in [0.2, 0.25) is 0 Å². The first kappa shape index (κ1) is 29.0. The van der Waals surface area contributed by atoms with Crippen molar-refractivity contribution in [2.75, 3.05) is 47.9 Å². The van der Waals surface area contributed by atoms with E-state index in [1.807, 2.05) is 4.90 Å². The van der Waals surface area contributed by atoms with Gasteiger partial charge in [0.1, 0.15) is 17.3 Å². The smallest absolute Gasteiger partial charge is 0.236 e. The highest BCUT2D eigenvalue weighted by atomic mass is 19.1. The number of methoxy groups -OCH3 is 2. The molecule has 8 heteroatoms. The number of Topliss-reactive ketones (excluding diaryl/α,β-unsaturated/α-hetero) is 2. The van der Waals surface area contributed by atoms with Crippen LogP contribution < -0.4 is 9.47 Å². The van der Waals surface area contributed by atoms with Crippen LogP contribution in [-0.4, -0.2) is 75.2 Å². The van der Waals surface area contributed by atoms with E-state index in [1.165, 1.54) is 11.0 Å². The number of benzene rings is 3. The highest BCUT2D eigenvalue weighted by molar-refractivity contribution is 6.02. The van der Waals surface area contributed by atoms with Crippen molar-refractivity contribution in [3.63, 3.8) is 0 Å². The van der Waals surface area contributed by atoms with Crippen LogP contribution >= 0.6 is 0 Å². The van der Waals surface area contributed by atoms with Crippen LogP contribution in [0.15, 0.2) is 66.7 Å². The molecule has 0 aliphatic carbocycles. The van der Waals surface area contributed by atoms with Crippen molar-refractivity contribution in [3.8, 4) is 11.5 Å². The molecule has 2 unspecified atom stereocenters. The minimum Gasteiger partial charge on any atom is -0.497 e. The van der Waals surface area contributed by atoms with Crippen LogP contribution in [-0.2, 0) is 4.79 Å². The van der Waals surface area contributed by atoms with Crippen LogP contribution in [0.3, 0.4) is 0 Å². The van der Waals surface area contributed by atoms with E-state index in [2.05, 4.69) is 0 Å². The summed E-state index contributed by atoms with van der Waals surface area (Å²) in [6.07, 6.45) is 0. The Kier molecular flexibility index (Phi) is 9.00. The zero-order chi connectivity index (χ0) is 29.0. The average molecular weight is 547 g/mol. The summed E-state index contributed by atoms with van der Waals surface area (Å²) in [7, 11) is 6.45. The Morgan fingerprint density at radius 2 is 1.30 bits per heavy atom. The Morgan fingerprint density at radius 3 is 1.73 bits per heavy atom. The normalized spacial score (nSPS) is 19.1. The molecule has 210 valence electrons. The molecule has 0 bridgehead atoms. The molecule has 1 fully saturated rings. The molecule has 0 N–H and O–H groups in total. The fourth-order valence-electron chi connectivity index (χ4n) is 5.45. The Labute approximate surface area is 234 Å². The van der Waals surface area contributed by atoms with Crippen LogP contribution in [0.1, 0.15) is 37.8 Å². The minimum atomic E-state index is -0.704. The monoisotopic (exact) mass is 546 g/mol. The van der Waals surface area contributed by atoms with Gasteiger partial charge in [0.15, 0.2) is 11.6 Å². The van der Waals surface area contributed by atoms with Crippen molar-refractivity contribution < 1.29 is 28.2 Å². The van der Waals surface area contributed by atoms with Gasteiger partial charge < -0.3 is 14.4 Å². The zero-order valence-electron chi connectivity index (χ0n) is 23.5. The quantitative estimate of drug-likeness (QED) is 0.364. The summed E-state index contributed by atoms with van der Waals surface area (Å²) >= 11 is 0. The van der Waals surface area contributed by atoms with Gasteiger partial charge in [0.05, 0.1) is 20.8 Å². The summed E-state index contributed by atoms with van der Waals surface area (Å²) in [5.41, 5.74) is 1.95. The van der Waals surface area contributed by atoms with Gasteiger partial charge in [-0.15, -0.1) is 0 Å². The highest BCUT2D eigenvalue weighted by Crippen LogP contribution is 2.42. The maximum atomic E-state index is 14.9. The van der Waals surface area contributed by atoms with Crippen molar-refractivity contribution in [2.24, 2.45) is 11.8 Å². The number of piperidine rings is 1. The first-order chi connectivity index (χ1) is 19.1. The predicted molar refractivity (Wildman–Crippen MR) is 151 cm³/mol. The highest BCUT2D eigenvalue weighted by Gasteiger charge is 2.46. The summed E-state index contributed by atoms with van der Waals surface area (Å²) in [5, 5.41) is 0. The number of likely N-dealkylation sites (N-methyl/N-ethyl adjacent to an activating group) is 1. The van der Waals surface area contributed by atoms with Crippen LogP contribution in [0.25, 0.3) is 0 Å². The molecule has 0 aromatic heterocycles. The second-order valence-electron chi connectivity index (χ2n) is 10.4. The second kappa shape index (κ2) is 12.4. The number of ketones is 2. The molecular formula is C32H35FN2O5. The van der Waals surface area contributed by atoms with Gasteiger partial charge in [0.2, 0.25) is 5.91 Å². The van der Waals surface area contributed by atoms with E-state index in [0.717, 1.165) is 0 Å². The molecule has 1 aliphatic rings. The molecule has 7 nitrogen and oxygen atoms in total. The van der Waals surface area contributed by atoms with Gasteiger partial charge in [-0.1, -0.05) is 12.1 Å². The first-order valence-electron chi connectivity index (χ1n) is 13.2. The zero-order valence-corrected chi connectivity index (χ0v) is 23.5. The van der Waals surface area contributed by atoms with E-state index < -0.39 is 23.6 Å². The Balaban J connectivity index is 1.84. The minimum absolute atomic E-state index is 0.0562. The Bertz CT molecular complexity index is 1300. The lowest BCUT2D eigenvalue weighted by Gasteiger charge is -2.43. The largest absolute Gasteiger partial charge is 0.497 e. The molecule has 1 aliphatic heterocycles. The third-order valence-corrected chi connectivity index (χ3v) is 7.73. The topological polar surface area (TPSA) is 76.2 Å². The second-order valence-corrected chi connectivity index (χ2v) is 10.4. The lowest BCUT2D eigenvalue weighted by atomic mass is 9.68. The molecule has 1 heterocycles. The van der Waals surface area contributed by atoms with E-state index in [-0.39, 0.29) is 37.1 Å². The number of carbonyl (C=O) groups excluding carboxylic acids is 3. The number of ether oxygens (including phenoxy) is 2. The van der Waals surface area contributed by atoms with E-state index in [0.29, 0.717) is 33.8 Å². The van der Waals surface area contributed by atoms with Crippen LogP contribution in [0.4, 0.5) is 4.39 Å². The van der Waals surface area contributed by atoms with Crippen molar-refractivity contribution in [1.29, 1.82) is 0 Å². The maximum absolute atomic E-state index is 14.9. The molecule has 4 rings (SSSR count). The van der Waals surface area contributed by atoms with Crippen molar-refractivity contribution in [2.45, 2.75) is 12.8 Å². The van der Waals surface area contributed by atoms with Crippen molar-refractivity contribution >= 4 is 17.5 Å². The summed E-state index contributed by atoms with van der Waals surface area (Å²) in [4.78, 5) is 44.4. The third-order valence-electron chi connectivity index (χ3n) is 7.73. The van der Waals surface area contributed by atoms with Crippen molar-refractivity contribution in [1.82, 2.24) is 9.80 Å². The fourth-order valence-corrected chi connectivity index (χ4v) is 5.45. The van der Waals surface area contributed by atoms with E-state index in [4.69, 9.17) is 9.47 Å². The van der Waals surface area contributed by atoms with Gasteiger partial charge in [-0.2, -0.15) is 0 Å². The summed E-state index contributed by atoms with van der Waals surface area (Å²) in [6.45, 7) is 2.23. The number of rotatable bonds is 9. The maximum Gasteiger partial charge on any atom is 0.236 e. The summed E-state index contributed by atoms with van der Waals surface area (Å²) < 4.78 is 25.4. The Hall–Kier alpha value is -4.04. The number of amides is 1. The third kappa shape index (κ3) is 6.07. The molecule has 2 atom stereocenters. The fraction of sp³-hybridized carbons (Fsp3) is 0.344. The molecule has 1 amide bonds. The molecule has 0 radical (unpaired) electrons. The molecular weight excluding hydrogens is 511 g/mol. The lowest BCUT2D eigenvalue weighted by Crippen LogP contribution is -2.52. The number of halogens is 1. The number of carbonyl (C=O) groups is 3. The van der Waals surface area contributed by atoms with Gasteiger partial charge in [-0.3, -0.25) is 19.3 Å². The van der Waals surface area contributed by atoms with E-state index in [9.17, 15) is 18.8 Å². The lowest BCUT2D eigenvalue weighted by molar-refractivity contribution is -0.130. The molecule has 0 saturated carbocycles. The van der Waals surface area contributed by atoms with Crippen LogP contribution in [0, 0.1) is 24.6 Å². The molecule has 0 spiro atoms. The number of hydrogen-bond acceptors (Lipinski definition) is 6. The van der Waals surface area contributed by atoms with Gasteiger partial charge in [-0.05, 0) is 72.6 Å². The summed E-state index contributed by atoms with van der Waals surface area (Å²) in [6, 6.07) is 18.4.